The van der Waals surface area contributed by atoms with Crippen molar-refractivity contribution in [3.63, 3.8) is 0 Å². The summed E-state index contributed by atoms with van der Waals surface area (Å²) in [7, 11) is 1.65. The number of rotatable bonds is 5. The van der Waals surface area contributed by atoms with Crippen molar-refractivity contribution >= 4 is 16.5 Å². The minimum absolute atomic E-state index is 0.698. The Morgan fingerprint density at radius 3 is 3.00 bits per heavy atom. The molecule has 0 spiro atoms. The zero-order chi connectivity index (χ0) is 17.9. The fourth-order valence-corrected chi connectivity index (χ4v) is 4.04. The molecule has 0 aliphatic carbocycles. The molecule has 134 valence electrons. The maximum Gasteiger partial charge on any atom is 0.141 e. The van der Waals surface area contributed by atoms with Crippen LogP contribution in [0.2, 0.25) is 0 Å². The lowest BCUT2D eigenvalue weighted by Gasteiger charge is -2.17. The summed E-state index contributed by atoms with van der Waals surface area (Å²) in [5.41, 5.74) is 9.44. The van der Waals surface area contributed by atoms with Crippen LogP contribution in [0.5, 0.6) is 5.75 Å². The van der Waals surface area contributed by atoms with Crippen LogP contribution in [-0.4, -0.2) is 30.1 Å². The number of nitrogens with two attached hydrogens (primary N) is 1. The molecule has 4 heteroatoms. The van der Waals surface area contributed by atoms with E-state index in [0.717, 1.165) is 31.8 Å². The van der Waals surface area contributed by atoms with Gasteiger partial charge in [-0.1, -0.05) is 24.3 Å². The Morgan fingerprint density at radius 1 is 1.23 bits per heavy atom. The lowest BCUT2D eigenvalue weighted by Crippen LogP contribution is -2.20. The molecule has 0 amide bonds. The van der Waals surface area contributed by atoms with Crippen molar-refractivity contribution in [1.82, 2.24) is 9.88 Å². The summed E-state index contributed by atoms with van der Waals surface area (Å²) in [5.74, 6) is 1.45. The Morgan fingerprint density at radius 2 is 2.15 bits per heavy atom. The Kier molecular flexibility index (Phi) is 4.76. The first-order chi connectivity index (χ1) is 12.7. The largest absolute Gasteiger partial charge is 0.495 e. The Hall–Kier alpha value is -2.59. The summed E-state index contributed by atoms with van der Waals surface area (Å²) in [4.78, 5) is 6.76. The number of aromatic nitrogens is 1. The molecule has 2 aromatic carbocycles. The van der Waals surface area contributed by atoms with Crippen LogP contribution in [-0.2, 0) is 13.0 Å². The number of pyridine rings is 1. The Balaban J connectivity index is 1.41. The number of ether oxygens (including phenoxy) is 1. The second-order valence-corrected chi connectivity index (χ2v) is 7.18. The van der Waals surface area contributed by atoms with Crippen LogP contribution in [0.25, 0.3) is 10.8 Å². The second-order valence-electron chi connectivity index (χ2n) is 7.18. The van der Waals surface area contributed by atoms with Gasteiger partial charge >= 0.3 is 0 Å². The molecule has 26 heavy (non-hydrogen) atoms. The summed E-state index contributed by atoms with van der Waals surface area (Å²) in [6, 6.07) is 14.8. The minimum atomic E-state index is 0.698. The van der Waals surface area contributed by atoms with Crippen LogP contribution in [0.15, 0.2) is 54.9 Å². The third kappa shape index (κ3) is 3.51. The topological polar surface area (TPSA) is 51.4 Å². The SMILES string of the molecule is COc1ccc(CN2CCC(Cc3cccc4cnccc34)C2)cc1N. The number of likely N-dealkylation sites (tertiary alicyclic amines) is 1. The van der Waals surface area contributed by atoms with Crippen molar-refractivity contribution in [2.45, 2.75) is 19.4 Å². The highest BCUT2D eigenvalue weighted by Gasteiger charge is 2.23. The molecule has 1 saturated heterocycles. The third-order valence-electron chi connectivity index (χ3n) is 5.35. The van der Waals surface area contributed by atoms with E-state index in [1.807, 2.05) is 24.5 Å². The van der Waals surface area contributed by atoms with Gasteiger partial charge in [-0.3, -0.25) is 9.88 Å². The fourth-order valence-electron chi connectivity index (χ4n) is 4.04. The monoisotopic (exact) mass is 347 g/mol. The average molecular weight is 347 g/mol. The van der Waals surface area contributed by atoms with E-state index in [1.165, 1.54) is 28.3 Å². The number of nitrogens with zero attached hydrogens (tertiary/aromatic N) is 2. The van der Waals surface area contributed by atoms with E-state index in [4.69, 9.17) is 10.5 Å². The van der Waals surface area contributed by atoms with Crippen LogP contribution in [0.1, 0.15) is 17.5 Å². The van der Waals surface area contributed by atoms with Crippen molar-refractivity contribution < 1.29 is 4.74 Å². The molecule has 2 heterocycles. The van der Waals surface area contributed by atoms with Gasteiger partial charge in [-0.25, -0.2) is 0 Å². The summed E-state index contributed by atoms with van der Waals surface area (Å²) < 4.78 is 5.25. The first-order valence-corrected chi connectivity index (χ1v) is 9.19. The summed E-state index contributed by atoms with van der Waals surface area (Å²) in [6.45, 7) is 3.22. The van der Waals surface area contributed by atoms with Crippen LogP contribution in [0.4, 0.5) is 5.69 Å². The van der Waals surface area contributed by atoms with Gasteiger partial charge in [-0.15, -0.1) is 0 Å². The van der Waals surface area contributed by atoms with Crippen LogP contribution >= 0.6 is 0 Å². The predicted molar refractivity (Wildman–Crippen MR) is 106 cm³/mol. The van der Waals surface area contributed by atoms with Gasteiger partial charge < -0.3 is 10.5 Å². The van der Waals surface area contributed by atoms with Crippen LogP contribution < -0.4 is 10.5 Å². The molecule has 1 unspecified atom stereocenters. The van der Waals surface area contributed by atoms with Gasteiger partial charge in [-0.2, -0.15) is 0 Å². The molecule has 4 rings (SSSR count). The average Bonchev–Trinajstić information content (AvgIpc) is 3.09. The highest BCUT2D eigenvalue weighted by Crippen LogP contribution is 2.28. The van der Waals surface area contributed by atoms with Gasteiger partial charge in [0.05, 0.1) is 12.8 Å². The molecular weight excluding hydrogens is 322 g/mol. The van der Waals surface area contributed by atoms with Gasteiger partial charge in [0.2, 0.25) is 0 Å². The van der Waals surface area contributed by atoms with Gasteiger partial charge in [-0.05, 0) is 60.0 Å². The molecule has 1 aromatic heterocycles. The molecule has 0 radical (unpaired) electrons. The van der Waals surface area contributed by atoms with Crippen molar-refractivity contribution in [1.29, 1.82) is 0 Å². The van der Waals surface area contributed by atoms with Crippen LogP contribution in [0, 0.1) is 5.92 Å². The van der Waals surface area contributed by atoms with E-state index in [2.05, 4.69) is 40.2 Å². The fraction of sp³-hybridized carbons (Fsp3) is 0.318. The first-order valence-electron chi connectivity index (χ1n) is 9.19. The smallest absolute Gasteiger partial charge is 0.141 e. The number of anilines is 1. The predicted octanol–water partition coefficient (Wildman–Crippen LogP) is 3.89. The van der Waals surface area contributed by atoms with E-state index < -0.39 is 0 Å². The number of hydrogen-bond acceptors (Lipinski definition) is 4. The maximum absolute atomic E-state index is 6.04. The Labute approximate surface area is 154 Å². The summed E-state index contributed by atoms with van der Waals surface area (Å²) >= 11 is 0. The number of nitrogen functional groups attached to an aromatic ring is 1. The van der Waals surface area contributed by atoms with Gasteiger partial charge in [0.25, 0.3) is 0 Å². The zero-order valence-corrected chi connectivity index (χ0v) is 15.2. The molecule has 1 aliphatic rings. The minimum Gasteiger partial charge on any atom is -0.495 e. The van der Waals surface area contributed by atoms with E-state index in [-0.39, 0.29) is 0 Å². The lowest BCUT2D eigenvalue weighted by molar-refractivity contribution is 0.316. The second kappa shape index (κ2) is 7.34. The molecule has 3 aromatic rings. The van der Waals surface area contributed by atoms with Crippen molar-refractivity contribution in [2.75, 3.05) is 25.9 Å². The number of benzene rings is 2. The first kappa shape index (κ1) is 16.9. The van der Waals surface area contributed by atoms with Gasteiger partial charge in [0.15, 0.2) is 0 Å². The molecule has 1 atom stereocenters. The quantitative estimate of drug-likeness (QED) is 0.712. The summed E-state index contributed by atoms with van der Waals surface area (Å²) in [6.07, 6.45) is 6.21. The molecule has 4 nitrogen and oxygen atoms in total. The van der Waals surface area contributed by atoms with E-state index in [0.29, 0.717) is 11.6 Å². The molecular formula is C22H25N3O. The summed E-state index contributed by atoms with van der Waals surface area (Å²) in [5, 5.41) is 2.57. The maximum atomic E-state index is 6.04. The number of methoxy groups -OCH3 is 1. The van der Waals surface area contributed by atoms with E-state index in [9.17, 15) is 0 Å². The molecule has 2 N–H and O–H groups in total. The highest BCUT2D eigenvalue weighted by atomic mass is 16.5. The van der Waals surface area contributed by atoms with E-state index in [1.54, 1.807) is 7.11 Å². The van der Waals surface area contributed by atoms with E-state index >= 15 is 0 Å². The molecule has 1 fully saturated rings. The molecule has 0 saturated carbocycles. The van der Waals surface area contributed by atoms with Crippen LogP contribution in [0.3, 0.4) is 0 Å². The highest BCUT2D eigenvalue weighted by molar-refractivity contribution is 5.84. The van der Waals surface area contributed by atoms with Crippen molar-refractivity contribution in [2.24, 2.45) is 5.92 Å². The Bertz CT molecular complexity index is 904. The van der Waals surface area contributed by atoms with Gasteiger partial charge in [0.1, 0.15) is 5.75 Å². The number of hydrogen-bond donors (Lipinski definition) is 1. The zero-order valence-electron chi connectivity index (χ0n) is 15.2. The molecule has 1 aliphatic heterocycles. The standard InChI is InChI=1S/C22H25N3O/c1-26-22-6-5-16(12-21(22)23)14-25-10-8-17(15-25)11-18-3-2-4-19-13-24-9-7-20(18)19/h2-7,9,12-13,17H,8,10-11,14-15,23H2,1H3. The lowest BCUT2D eigenvalue weighted by atomic mass is 9.95. The van der Waals surface area contributed by atoms with Crippen molar-refractivity contribution in [3.05, 3.63) is 66.0 Å². The van der Waals surface area contributed by atoms with Crippen molar-refractivity contribution in [3.8, 4) is 5.75 Å². The normalized spacial score (nSPS) is 17.7. The number of fused-ring (bicyclic) bond motifs is 1. The third-order valence-corrected chi connectivity index (χ3v) is 5.35. The van der Waals surface area contributed by atoms with Gasteiger partial charge in [0, 0.05) is 30.9 Å². The molecule has 0 bridgehead atoms.